The van der Waals surface area contributed by atoms with Gasteiger partial charge in [0.25, 0.3) is 5.91 Å². The van der Waals surface area contributed by atoms with Crippen molar-refractivity contribution in [3.05, 3.63) is 63.9 Å². The molecule has 2 heterocycles. The first kappa shape index (κ1) is 14.3. The number of carbonyl (C=O) groups excluding carboxylic acids is 1. The van der Waals surface area contributed by atoms with Crippen LogP contribution in [0, 0.1) is 10.1 Å². The van der Waals surface area contributed by atoms with Gasteiger partial charge in [0.1, 0.15) is 4.92 Å². The van der Waals surface area contributed by atoms with Gasteiger partial charge in [-0.25, -0.2) is 0 Å². The highest BCUT2D eigenvalue weighted by molar-refractivity contribution is 5.92. The van der Waals surface area contributed by atoms with Crippen LogP contribution in [0.25, 0.3) is 0 Å². The van der Waals surface area contributed by atoms with Crippen molar-refractivity contribution in [2.24, 2.45) is 0 Å². The van der Waals surface area contributed by atoms with Crippen molar-refractivity contribution in [3.63, 3.8) is 0 Å². The van der Waals surface area contributed by atoms with Gasteiger partial charge in [-0.2, -0.15) is 0 Å². The second-order valence-corrected chi connectivity index (χ2v) is 5.38. The number of furan rings is 1. The Morgan fingerprint density at radius 2 is 2.05 bits per heavy atom. The van der Waals surface area contributed by atoms with E-state index in [9.17, 15) is 14.9 Å². The molecule has 1 aliphatic rings. The summed E-state index contributed by atoms with van der Waals surface area (Å²) in [5.74, 6) is -0.639. The van der Waals surface area contributed by atoms with E-state index in [4.69, 9.17) is 4.42 Å². The zero-order valence-electron chi connectivity index (χ0n) is 12.0. The Bertz CT molecular complexity index is 680. The molecule has 1 amide bonds. The predicted octanol–water partition coefficient (Wildman–Crippen LogP) is 3.04. The molecule has 0 unspecified atom stereocenters. The van der Waals surface area contributed by atoms with Crippen molar-refractivity contribution in [1.29, 1.82) is 0 Å². The van der Waals surface area contributed by atoms with E-state index in [1.54, 1.807) is 4.90 Å². The van der Waals surface area contributed by atoms with Gasteiger partial charge >= 0.3 is 5.88 Å². The molecule has 1 aliphatic heterocycles. The number of hydrogen-bond acceptors (Lipinski definition) is 4. The number of nitrogens with zero attached hydrogens (tertiary/aromatic N) is 2. The van der Waals surface area contributed by atoms with E-state index in [0.717, 1.165) is 19.3 Å². The Morgan fingerprint density at radius 3 is 2.73 bits per heavy atom. The monoisotopic (exact) mass is 300 g/mol. The Morgan fingerprint density at radius 1 is 1.27 bits per heavy atom. The molecule has 0 N–H and O–H groups in total. The molecule has 0 saturated carbocycles. The minimum Gasteiger partial charge on any atom is -0.395 e. The minimum atomic E-state index is -0.637. The lowest BCUT2D eigenvalue weighted by Crippen LogP contribution is -2.36. The molecule has 0 spiro atoms. The van der Waals surface area contributed by atoms with E-state index < -0.39 is 10.8 Å². The Kier molecular flexibility index (Phi) is 3.91. The van der Waals surface area contributed by atoms with E-state index >= 15 is 0 Å². The standard InChI is InChI=1S/C16H16N2O4/c19-16(14-8-9-15(22-14)18(20)21)17-10-4-7-13(17)11-12-5-2-1-3-6-12/h1-3,5-6,8-9,13H,4,7,10-11H2/t13-/m1/s1. The summed E-state index contributed by atoms with van der Waals surface area (Å²) >= 11 is 0. The van der Waals surface area contributed by atoms with Crippen molar-refractivity contribution < 1.29 is 14.1 Å². The van der Waals surface area contributed by atoms with E-state index in [1.807, 2.05) is 30.3 Å². The topological polar surface area (TPSA) is 76.6 Å². The quantitative estimate of drug-likeness (QED) is 0.642. The lowest BCUT2D eigenvalue weighted by atomic mass is 10.0. The highest BCUT2D eigenvalue weighted by atomic mass is 16.6. The van der Waals surface area contributed by atoms with Crippen molar-refractivity contribution in [2.75, 3.05) is 6.54 Å². The first-order valence-electron chi connectivity index (χ1n) is 7.24. The maximum Gasteiger partial charge on any atom is 0.433 e. The zero-order valence-corrected chi connectivity index (χ0v) is 12.0. The number of likely N-dealkylation sites (tertiary alicyclic amines) is 1. The maximum atomic E-state index is 12.5. The first-order valence-corrected chi connectivity index (χ1v) is 7.24. The van der Waals surface area contributed by atoms with Crippen LogP contribution in [0.15, 0.2) is 46.9 Å². The van der Waals surface area contributed by atoms with E-state index in [-0.39, 0.29) is 17.7 Å². The summed E-state index contributed by atoms with van der Waals surface area (Å²) in [5.41, 5.74) is 1.18. The first-order chi connectivity index (χ1) is 10.6. The van der Waals surface area contributed by atoms with Crippen molar-refractivity contribution in [1.82, 2.24) is 4.90 Å². The van der Waals surface area contributed by atoms with Crippen LogP contribution in [0.2, 0.25) is 0 Å². The lowest BCUT2D eigenvalue weighted by Gasteiger charge is -2.23. The van der Waals surface area contributed by atoms with Gasteiger partial charge in [0.05, 0.1) is 6.07 Å². The van der Waals surface area contributed by atoms with Gasteiger partial charge in [0, 0.05) is 12.6 Å². The third kappa shape index (κ3) is 2.86. The molecular weight excluding hydrogens is 284 g/mol. The van der Waals surface area contributed by atoms with Crippen molar-refractivity contribution in [3.8, 4) is 0 Å². The predicted molar refractivity (Wildman–Crippen MR) is 79.6 cm³/mol. The summed E-state index contributed by atoms with van der Waals surface area (Å²) in [6.45, 7) is 0.658. The van der Waals surface area contributed by atoms with Gasteiger partial charge < -0.3 is 9.32 Å². The van der Waals surface area contributed by atoms with Gasteiger partial charge in [-0.1, -0.05) is 30.3 Å². The number of amides is 1. The molecule has 1 aromatic heterocycles. The number of carbonyl (C=O) groups is 1. The van der Waals surface area contributed by atoms with Crippen LogP contribution in [0.3, 0.4) is 0 Å². The molecule has 6 nitrogen and oxygen atoms in total. The van der Waals surface area contributed by atoms with Crippen LogP contribution < -0.4 is 0 Å². The van der Waals surface area contributed by atoms with Crippen LogP contribution in [0.4, 0.5) is 5.88 Å². The molecular formula is C16H16N2O4. The molecule has 0 bridgehead atoms. The van der Waals surface area contributed by atoms with Gasteiger partial charge in [0.15, 0.2) is 5.76 Å². The fraction of sp³-hybridized carbons (Fsp3) is 0.312. The SMILES string of the molecule is O=C(c1ccc([N+](=O)[O-])o1)N1CCC[C@@H]1Cc1ccccc1. The molecule has 0 aliphatic carbocycles. The van der Waals surface area contributed by atoms with Crippen LogP contribution in [0.5, 0.6) is 0 Å². The van der Waals surface area contributed by atoms with Crippen LogP contribution in [0.1, 0.15) is 29.0 Å². The molecule has 22 heavy (non-hydrogen) atoms. The number of rotatable bonds is 4. The summed E-state index contributed by atoms with van der Waals surface area (Å²) in [7, 11) is 0. The number of benzene rings is 1. The average Bonchev–Trinajstić information content (AvgIpc) is 3.17. The van der Waals surface area contributed by atoms with Crippen LogP contribution >= 0.6 is 0 Å². The fourth-order valence-corrected chi connectivity index (χ4v) is 2.88. The summed E-state index contributed by atoms with van der Waals surface area (Å²) in [6, 6.07) is 12.7. The Hall–Kier alpha value is -2.63. The highest BCUT2D eigenvalue weighted by Gasteiger charge is 2.31. The zero-order chi connectivity index (χ0) is 15.5. The second-order valence-electron chi connectivity index (χ2n) is 5.38. The van der Waals surface area contributed by atoms with Crippen molar-refractivity contribution >= 4 is 11.8 Å². The minimum absolute atomic E-state index is 0.0339. The van der Waals surface area contributed by atoms with E-state index in [1.165, 1.54) is 17.7 Å². The smallest absolute Gasteiger partial charge is 0.395 e. The average molecular weight is 300 g/mol. The lowest BCUT2D eigenvalue weighted by molar-refractivity contribution is -0.402. The highest BCUT2D eigenvalue weighted by Crippen LogP contribution is 2.25. The van der Waals surface area contributed by atoms with Gasteiger partial charge in [-0.05, 0) is 30.9 Å². The molecule has 2 aromatic rings. The molecule has 1 saturated heterocycles. The second kappa shape index (κ2) is 6.01. The van der Waals surface area contributed by atoms with Crippen LogP contribution in [-0.4, -0.2) is 28.3 Å². The number of hydrogen-bond donors (Lipinski definition) is 0. The summed E-state index contributed by atoms with van der Waals surface area (Å²) in [5, 5.41) is 10.7. The van der Waals surface area contributed by atoms with Gasteiger partial charge in [-0.3, -0.25) is 14.9 Å². The third-order valence-corrected chi connectivity index (χ3v) is 3.93. The number of nitro groups is 1. The summed E-state index contributed by atoms with van der Waals surface area (Å²) in [6.07, 6.45) is 2.66. The van der Waals surface area contributed by atoms with E-state index in [2.05, 4.69) is 0 Å². The maximum absolute atomic E-state index is 12.5. The molecule has 1 atom stereocenters. The molecule has 1 aromatic carbocycles. The van der Waals surface area contributed by atoms with Crippen molar-refractivity contribution in [2.45, 2.75) is 25.3 Å². The molecule has 114 valence electrons. The third-order valence-electron chi connectivity index (χ3n) is 3.93. The fourth-order valence-electron chi connectivity index (χ4n) is 2.88. The largest absolute Gasteiger partial charge is 0.433 e. The summed E-state index contributed by atoms with van der Waals surface area (Å²) < 4.78 is 5.03. The molecule has 1 fully saturated rings. The van der Waals surface area contributed by atoms with Gasteiger partial charge in [0.2, 0.25) is 0 Å². The summed E-state index contributed by atoms with van der Waals surface area (Å²) in [4.78, 5) is 24.3. The Balaban J connectivity index is 1.74. The van der Waals surface area contributed by atoms with Crippen LogP contribution in [-0.2, 0) is 6.42 Å². The normalized spacial score (nSPS) is 17.6. The molecule has 3 rings (SSSR count). The molecule has 6 heteroatoms. The molecule has 0 radical (unpaired) electrons. The van der Waals surface area contributed by atoms with E-state index in [0.29, 0.717) is 6.54 Å². The Labute approximate surface area is 127 Å². The van der Waals surface area contributed by atoms with Gasteiger partial charge in [-0.15, -0.1) is 0 Å².